The third-order valence-electron chi connectivity index (χ3n) is 3.11. The highest BCUT2D eigenvalue weighted by Crippen LogP contribution is 2.34. The second kappa shape index (κ2) is 6.37. The van der Waals surface area contributed by atoms with Crippen LogP contribution < -0.4 is 4.74 Å². The van der Waals surface area contributed by atoms with E-state index in [0.717, 1.165) is 0 Å². The van der Waals surface area contributed by atoms with Gasteiger partial charge in [-0.1, -0.05) is 0 Å². The number of ether oxygens (including phenoxy) is 2. The Hall–Kier alpha value is -2.59. The summed E-state index contributed by atoms with van der Waals surface area (Å²) in [6, 6.07) is 1.20. The van der Waals surface area contributed by atoms with Crippen molar-refractivity contribution in [3.63, 3.8) is 0 Å². The SMILES string of the molecule is CC(C)(C)OC(=O)N1CC(Oc2nc(C(F)(F)F)ccc2[N+](=O)[O-])C1. The Labute approximate surface area is 140 Å². The van der Waals surface area contributed by atoms with Gasteiger partial charge in [-0.05, 0) is 26.8 Å². The lowest BCUT2D eigenvalue weighted by molar-refractivity contribution is -0.386. The highest BCUT2D eigenvalue weighted by atomic mass is 19.4. The van der Waals surface area contributed by atoms with E-state index < -0.39 is 46.2 Å². The first-order valence-electron chi connectivity index (χ1n) is 7.24. The molecule has 0 atom stereocenters. The van der Waals surface area contributed by atoms with Crippen molar-refractivity contribution in [3.8, 4) is 5.88 Å². The fourth-order valence-electron chi connectivity index (χ4n) is 1.96. The van der Waals surface area contributed by atoms with Gasteiger partial charge in [-0.25, -0.2) is 9.78 Å². The summed E-state index contributed by atoms with van der Waals surface area (Å²) in [4.78, 5) is 26.3. The summed E-state index contributed by atoms with van der Waals surface area (Å²) in [7, 11) is 0. The Kier molecular flexibility index (Phi) is 4.78. The Morgan fingerprint density at radius 1 is 1.32 bits per heavy atom. The molecule has 0 saturated carbocycles. The zero-order valence-electron chi connectivity index (χ0n) is 13.7. The molecule has 1 saturated heterocycles. The molecule has 1 fully saturated rings. The van der Waals surface area contributed by atoms with E-state index in [9.17, 15) is 28.1 Å². The van der Waals surface area contributed by atoms with Crippen molar-refractivity contribution in [3.05, 3.63) is 27.9 Å². The van der Waals surface area contributed by atoms with Crippen molar-refractivity contribution >= 4 is 11.8 Å². The first kappa shape index (κ1) is 18.7. The van der Waals surface area contributed by atoms with Gasteiger partial charge in [-0.15, -0.1) is 0 Å². The number of hydrogen-bond acceptors (Lipinski definition) is 6. The van der Waals surface area contributed by atoms with Crippen LogP contribution in [0, 0.1) is 10.1 Å². The van der Waals surface area contributed by atoms with Crippen LogP contribution in [0.25, 0.3) is 0 Å². The van der Waals surface area contributed by atoms with Crippen molar-refractivity contribution < 1.29 is 32.4 Å². The third-order valence-corrected chi connectivity index (χ3v) is 3.11. The number of rotatable bonds is 3. The molecule has 1 aliphatic rings. The van der Waals surface area contributed by atoms with Crippen LogP contribution in [0.2, 0.25) is 0 Å². The Morgan fingerprint density at radius 3 is 2.40 bits per heavy atom. The van der Waals surface area contributed by atoms with Crippen LogP contribution in [-0.2, 0) is 10.9 Å². The molecule has 11 heteroatoms. The second-order valence-corrected chi connectivity index (χ2v) is 6.40. The molecular weight excluding hydrogens is 347 g/mol. The van der Waals surface area contributed by atoms with Crippen LogP contribution in [0.4, 0.5) is 23.7 Å². The van der Waals surface area contributed by atoms with E-state index in [2.05, 4.69) is 4.98 Å². The minimum Gasteiger partial charge on any atom is -0.466 e. The highest BCUT2D eigenvalue weighted by molar-refractivity contribution is 5.69. The number of nitro groups is 1. The monoisotopic (exact) mass is 363 g/mol. The van der Waals surface area contributed by atoms with Crippen molar-refractivity contribution in [2.75, 3.05) is 13.1 Å². The predicted octanol–water partition coefficient (Wildman–Crippen LogP) is 3.01. The van der Waals surface area contributed by atoms with Crippen molar-refractivity contribution in [2.45, 2.75) is 38.7 Å². The number of likely N-dealkylation sites (tertiary alicyclic amines) is 1. The molecule has 0 radical (unpaired) electrons. The average Bonchev–Trinajstić information content (AvgIpc) is 2.38. The van der Waals surface area contributed by atoms with Gasteiger partial charge in [0.1, 0.15) is 17.4 Å². The van der Waals surface area contributed by atoms with Gasteiger partial charge >= 0.3 is 18.0 Å². The predicted molar refractivity (Wildman–Crippen MR) is 78.1 cm³/mol. The first-order valence-corrected chi connectivity index (χ1v) is 7.24. The number of nitrogens with zero attached hydrogens (tertiary/aromatic N) is 3. The van der Waals surface area contributed by atoms with E-state index in [-0.39, 0.29) is 13.1 Å². The molecule has 0 aliphatic carbocycles. The standard InChI is InChI=1S/C14H16F3N3O5/c1-13(2,3)25-12(21)19-6-8(7-19)24-11-9(20(22)23)4-5-10(18-11)14(15,16)17/h4-5,8H,6-7H2,1-3H3. The molecule has 25 heavy (non-hydrogen) atoms. The van der Waals surface area contributed by atoms with Gasteiger partial charge in [0.15, 0.2) is 0 Å². The van der Waals surface area contributed by atoms with Crippen molar-refractivity contribution in [1.29, 1.82) is 0 Å². The minimum absolute atomic E-state index is 0.0317. The minimum atomic E-state index is -4.75. The molecule has 1 aromatic rings. The largest absolute Gasteiger partial charge is 0.466 e. The molecule has 1 aromatic heterocycles. The maximum Gasteiger partial charge on any atom is 0.433 e. The highest BCUT2D eigenvalue weighted by Gasteiger charge is 2.39. The summed E-state index contributed by atoms with van der Waals surface area (Å²) in [6.45, 7) is 5.13. The maximum atomic E-state index is 12.7. The number of carbonyl (C=O) groups is 1. The number of halogens is 3. The zero-order valence-corrected chi connectivity index (χ0v) is 13.7. The summed E-state index contributed by atoms with van der Waals surface area (Å²) in [6.07, 6.45) is -6.06. The molecule has 2 heterocycles. The van der Waals surface area contributed by atoms with Gasteiger partial charge in [-0.3, -0.25) is 10.1 Å². The quantitative estimate of drug-likeness (QED) is 0.605. The van der Waals surface area contributed by atoms with Crippen LogP contribution in [0.1, 0.15) is 26.5 Å². The van der Waals surface area contributed by atoms with E-state index in [0.29, 0.717) is 12.1 Å². The summed E-state index contributed by atoms with van der Waals surface area (Å²) in [5.41, 5.74) is -2.66. The first-order chi connectivity index (χ1) is 11.4. The topological polar surface area (TPSA) is 94.8 Å². The Balaban J connectivity index is 2.06. The van der Waals surface area contributed by atoms with Crippen LogP contribution in [-0.4, -0.2) is 45.7 Å². The number of pyridine rings is 1. The molecule has 0 aromatic carbocycles. The molecule has 1 aliphatic heterocycles. The van der Waals surface area contributed by atoms with E-state index >= 15 is 0 Å². The molecule has 0 unspecified atom stereocenters. The molecule has 2 rings (SSSR count). The van der Waals surface area contributed by atoms with Gasteiger partial charge in [-0.2, -0.15) is 13.2 Å². The zero-order chi connectivity index (χ0) is 19.0. The summed E-state index contributed by atoms with van der Waals surface area (Å²) in [5.74, 6) is -0.728. The number of hydrogen-bond donors (Lipinski definition) is 0. The third kappa shape index (κ3) is 4.70. The van der Waals surface area contributed by atoms with Crippen LogP contribution in [0.15, 0.2) is 12.1 Å². The average molecular weight is 363 g/mol. The van der Waals surface area contributed by atoms with E-state index in [1.807, 2.05) is 0 Å². The number of aromatic nitrogens is 1. The molecule has 8 nitrogen and oxygen atoms in total. The Bertz CT molecular complexity index is 681. The molecule has 138 valence electrons. The fourth-order valence-corrected chi connectivity index (χ4v) is 1.96. The summed E-state index contributed by atoms with van der Waals surface area (Å²) in [5, 5.41) is 10.9. The second-order valence-electron chi connectivity index (χ2n) is 6.40. The van der Waals surface area contributed by atoms with E-state index in [1.54, 1.807) is 20.8 Å². The van der Waals surface area contributed by atoms with Gasteiger partial charge in [0.2, 0.25) is 0 Å². The van der Waals surface area contributed by atoms with E-state index in [4.69, 9.17) is 9.47 Å². The van der Waals surface area contributed by atoms with Gasteiger partial charge < -0.3 is 14.4 Å². The van der Waals surface area contributed by atoms with Gasteiger partial charge in [0.05, 0.1) is 18.0 Å². The Morgan fingerprint density at radius 2 is 1.92 bits per heavy atom. The maximum absolute atomic E-state index is 12.7. The van der Waals surface area contributed by atoms with Crippen LogP contribution in [0.5, 0.6) is 5.88 Å². The molecule has 1 amide bonds. The van der Waals surface area contributed by atoms with Crippen molar-refractivity contribution in [2.24, 2.45) is 0 Å². The fraction of sp³-hybridized carbons (Fsp3) is 0.571. The van der Waals surface area contributed by atoms with Crippen molar-refractivity contribution in [1.82, 2.24) is 9.88 Å². The van der Waals surface area contributed by atoms with Gasteiger partial charge in [0.25, 0.3) is 5.88 Å². The smallest absolute Gasteiger partial charge is 0.433 e. The molecule has 0 spiro atoms. The number of alkyl halides is 3. The summed E-state index contributed by atoms with van der Waals surface area (Å²) >= 11 is 0. The van der Waals surface area contributed by atoms with E-state index in [1.165, 1.54) is 4.90 Å². The lowest BCUT2D eigenvalue weighted by atomic mass is 10.1. The normalized spacial score (nSPS) is 15.5. The number of amides is 1. The summed E-state index contributed by atoms with van der Waals surface area (Å²) < 4.78 is 48.4. The van der Waals surface area contributed by atoms with Gasteiger partial charge in [0, 0.05) is 6.07 Å². The lowest BCUT2D eigenvalue weighted by Crippen LogP contribution is -2.57. The van der Waals surface area contributed by atoms with Crippen LogP contribution in [0.3, 0.4) is 0 Å². The van der Waals surface area contributed by atoms with Crippen LogP contribution >= 0.6 is 0 Å². The molecule has 0 bridgehead atoms. The molecule has 0 N–H and O–H groups in total. The number of carbonyl (C=O) groups excluding carboxylic acids is 1. The lowest BCUT2D eigenvalue weighted by Gasteiger charge is -2.39. The molecular formula is C14H16F3N3O5.